The molecule has 0 unspecified atom stereocenters. The summed E-state index contributed by atoms with van der Waals surface area (Å²) in [7, 11) is 0. The molecule has 1 aliphatic heterocycles. The first-order valence-corrected chi connectivity index (χ1v) is 11.1. The Kier molecular flexibility index (Phi) is 5.93. The molecule has 1 aliphatic rings. The molecule has 0 aliphatic carbocycles. The summed E-state index contributed by atoms with van der Waals surface area (Å²) < 4.78 is 11.7. The molecule has 0 bridgehead atoms. The molecule has 0 radical (unpaired) electrons. The van der Waals surface area contributed by atoms with Crippen molar-refractivity contribution in [3.05, 3.63) is 45.4 Å². The van der Waals surface area contributed by atoms with Gasteiger partial charge in [-0.25, -0.2) is 15.0 Å². The van der Waals surface area contributed by atoms with Crippen LogP contribution in [0.3, 0.4) is 0 Å². The van der Waals surface area contributed by atoms with Crippen LogP contribution in [0.1, 0.15) is 5.56 Å². The first kappa shape index (κ1) is 19.7. The molecule has 0 saturated carbocycles. The molecular weight excluding hydrogens is 443 g/mol. The molecule has 0 spiro atoms. The Morgan fingerprint density at radius 3 is 2.57 bits per heavy atom. The summed E-state index contributed by atoms with van der Waals surface area (Å²) in [5.41, 5.74) is 2.08. The lowest BCUT2D eigenvalue weighted by Crippen LogP contribution is -2.41. The first-order valence-electron chi connectivity index (χ1n) is 8.47. The van der Waals surface area contributed by atoms with Gasteiger partial charge in [0.25, 0.3) is 0 Å². The van der Waals surface area contributed by atoms with Crippen molar-refractivity contribution in [3.63, 3.8) is 0 Å². The maximum Gasteiger partial charge on any atom is 0.225 e. The number of nitrogens with one attached hydrogen (secondary N) is 1. The number of halogens is 3. The van der Waals surface area contributed by atoms with E-state index < -0.39 is 11.2 Å². The normalized spacial score (nSPS) is 15.2. The van der Waals surface area contributed by atoms with Gasteiger partial charge >= 0.3 is 0 Å². The van der Waals surface area contributed by atoms with Crippen molar-refractivity contribution in [3.8, 4) is 0 Å². The van der Waals surface area contributed by atoms with Crippen LogP contribution in [0.2, 0.25) is 15.3 Å². The minimum Gasteiger partial charge on any atom is -0.616 e. The van der Waals surface area contributed by atoms with E-state index in [-0.39, 0.29) is 5.28 Å². The van der Waals surface area contributed by atoms with Gasteiger partial charge in [0.15, 0.2) is 11.6 Å². The van der Waals surface area contributed by atoms with Crippen LogP contribution in [0.4, 0.5) is 11.6 Å². The Morgan fingerprint density at radius 1 is 1.04 bits per heavy atom. The smallest absolute Gasteiger partial charge is 0.225 e. The molecule has 0 amide bonds. The second-order valence-electron chi connectivity index (χ2n) is 6.17. The van der Waals surface area contributed by atoms with Crippen molar-refractivity contribution >= 4 is 68.6 Å². The molecule has 3 aromatic rings. The van der Waals surface area contributed by atoms with Crippen molar-refractivity contribution in [1.82, 2.24) is 19.9 Å². The fourth-order valence-corrected chi connectivity index (χ4v) is 4.48. The quantitative estimate of drug-likeness (QED) is 0.473. The Bertz CT molecular complexity index is 1020. The topological polar surface area (TPSA) is 89.9 Å². The number of anilines is 2. The summed E-state index contributed by atoms with van der Waals surface area (Å²) in [6, 6.07) is 5.42. The third-order valence-corrected chi connectivity index (χ3v) is 6.54. The van der Waals surface area contributed by atoms with Crippen LogP contribution in [0, 0.1) is 0 Å². The van der Waals surface area contributed by atoms with Crippen LogP contribution in [-0.2, 0) is 17.7 Å². The van der Waals surface area contributed by atoms with E-state index in [1.807, 2.05) is 11.0 Å². The van der Waals surface area contributed by atoms with Crippen LogP contribution in [0.25, 0.3) is 11.0 Å². The van der Waals surface area contributed by atoms with Gasteiger partial charge in [-0.15, -0.1) is 0 Å². The van der Waals surface area contributed by atoms with Gasteiger partial charge in [0.05, 0.1) is 23.1 Å². The first-order chi connectivity index (χ1) is 13.5. The number of fused-ring (bicyclic) bond motifs is 1. The van der Waals surface area contributed by atoms with E-state index >= 15 is 0 Å². The number of benzene rings is 1. The summed E-state index contributed by atoms with van der Waals surface area (Å²) in [5.74, 6) is 2.36. The second kappa shape index (κ2) is 8.42. The van der Waals surface area contributed by atoms with Gasteiger partial charge in [0.1, 0.15) is 28.9 Å². The highest BCUT2D eigenvalue weighted by Gasteiger charge is 2.24. The van der Waals surface area contributed by atoms with E-state index in [1.54, 1.807) is 12.1 Å². The molecule has 1 saturated heterocycles. The third-order valence-electron chi connectivity index (χ3n) is 4.36. The SMILES string of the molecule is [O-][S+]1CCN(c2nc(Cl)nc3c(NCc4ccc(Cl)c(Cl)c4)ncnc23)CC1. The highest BCUT2D eigenvalue weighted by Crippen LogP contribution is 2.29. The van der Waals surface area contributed by atoms with Gasteiger partial charge in [-0.1, -0.05) is 40.4 Å². The lowest BCUT2D eigenvalue weighted by Gasteiger charge is -2.29. The van der Waals surface area contributed by atoms with Crippen molar-refractivity contribution in [2.75, 3.05) is 34.8 Å². The summed E-state index contributed by atoms with van der Waals surface area (Å²) in [5, 5.41) is 4.35. The minimum absolute atomic E-state index is 0.113. The molecule has 1 aromatic carbocycles. The Balaban J connectivity index is 1.65. The molecule has 3 heterocycles. The zero-order chi connectivity index (χ0) is 19.7. The number of aromatic nitrogens is 4. The van der Waals surface area contributed by atoms with E-state index in [0.29, 0.717) is 63.9 Å². The molecule has 7 nitrogen and oxygen atoms in total. The van der Waals surface area contributed by atoms with E-state index in [1.165, 1.54) is 6.33 Å². The van der Waals surface area contributed by atoms with Crippen LogP contribution in [0.15, 0.2) is 24.5 Å². The summed E-state index contributed by atoms with van der Waals surface area (Å²) >= 11 is 17.4. The lowest BCUT2D eigenvalue weighted by atomic mass is 10.2. The third kappa shape index (κ3) is 4.21. The summed E-state index contributed by atoms with van der Waals surface area (Å²) in [6.07, 6.45) is 1.46. The number of rotatable bonds is 4. The highest BCUT2D eigenvalue weighted by molar-refractivity contribution is 7.91. The van der Waals surface area contributed by atoms with Crippen LogP contribution >= 0.6 is 34.8 Å². The number of nitrogens with zero attached hydrogens (tertiary/aromatic N) is 5. The molecule has 2 aromatic heterocycles. The van der Waals surface area contributed by atoms with E-state index in [9.17, 15) is 4.55 Å². The predicted molar refractivity (Wildman–Crippen MR) is 114 cm³/mol. The van der Waals surface area contributed by atoms with Gasteiger partial charge in [0, 0.05) is 6.54 Å². The monoisotopic (exact) mass is 456 g/mol. The number of hydrogen-bond donors (Lipinski definition) is 1. The van der Waals surface area contributed by atoms with Crippen LogP contribution < -0.4 is 10.2 Å². The van der Waals surface area contributed by atoms with E-state index in [0.717, 1.165) is 5.56 Å². The molecule has 146 valence electrons. The Hall–Kier alpha value is -1.58. The maximum atomic E-state index is 11.7. The lowest BCUT2D eigenvalue weighted by molar-refractivity contribution is 0.585. The minimum atomic E-state index is -0.789. The zero-order valence-electron chi connectivity index (χ0n) is 14.5. The number of hydrogen-bond acceptors (Lipinski definition) is 7. The molecule has 11 heteroatoms. The molecule has 1 N–H and O–H groups in total. The van der Waals surface area contributed by atoms with Crippen molar-refractivity contribution in [2.45, 2.75) is 6.54 Å². The van der Waals surface area contributed by atoms with E-state index in [4.69, 9.17) is 34.8 Å². The average Bonchev–Trinajstić information content (AvgIpc) is 2.69. The van der Waals surface area contributed by atoms with Gasteiger partial charge in [-0.2, -0.15) is 4.98 Å². The maximum absolute atomic E-state index is 11.7. The van der Waals surface area contributed by atoms with Crippen molar-refractivity contribution in [2.24, 2.45) is 0 Å². The van der Waals surface area contributed by atoms with Gasteiger partial charge < -0.3 is 14.8 Å². The molecule has 1 fully saturated rings. The van der Waals surface area contributed by atoms with Crippen molar-refractivity contribution in [1.29, 1.82) is 0 Å². The predicted octanol–water partition coefficient (Wildman–Crippen LogP) is 3.56. The van der Waals surface area contributed by atoms with Gasteiger partial charge in [-0.05, 0) is 29.3 Å². The fraction of sp³-hybridized carbons (Fsp3) is 0.294. The summed E-state index contributed by atoms with van der Waals surface area (Å²) in [4.78, 5) is 19.4. The standard InChI is InChI=1S/C17H15Cl3N6OS/c18-11-2-1-10(7-12(11)19)8-21-15-13-14(22-9-23-15)16(25-17(20)24-13)26-3-5-28(27)6-4-26/h1-2,7,9H,3-6,8H2,(H,21,22,23). The fourth-order valence-electron chi connectivity index (χ4n) is 2.94. The summed E-state index contributed by atoms with van der Waals surface area (Å²) in [6.45, 7) is 1.73. The van der Waals surface area contributed by atoms with E-state index in [2.05, 4.69) is 25.3 Å². The zero-order valence-corrected chi connectivity index (χ0v) is 17.6. The molecule has 28 heavy (non-hydrogen) atoms. The van der Waals surface area contributed by atoms with Crippen LogP contribution in [-0.4, -0.2) is 49.1 Å². The van der Waals surface area contributed by atoms with Gasteiger partial charge in [-0.3, -0.25) is 0 Å². The average molecular weight is 458 g/mol. The van der Waals surface area contributed by atoms with Gasteiger partial charge in [0.2, 0.25) is 5.28 Å². The highest BCUT2D eigenvalue weighted by atomic mass is 35.5. The molecule has 0 atom stereocenters. The molecule has 4 rings (SSSR count). The molecular formula is C17H15Cl3N6OS. The van der Waals surface area contributed by atoms with Crippen molar-refractivity contribution < 1.29 is 4.55 Å². The second-order valence-corrected chi connectivity index (χ2v) is 9.02. The largest absolute Gasteiger partial charge is 0.616 e. The van der Waals surface area contributed by atoms with Crippen LogP contribution in [0.5, 0.6) is 0 Å². The Labute approximate surface area is 179 Å². The Morgan fingerprint density at radius 2 is 1.82 bits per heavy atom.